The molecule has 1 aromatic heterocycles. The average molecular weight is 375 g/mol. The fourth-order valence-electron chi connectivity index (χ4n) is 3.20. The molecule has 0 radical (unpaired) electrons. The van der Waals surface area contributed by atoms with E-state index in [-0.39, 0.29) is 42.0 Å². The Kier molecular flexibility index (Phi) is 4.04. The summed E-state index contributed by atoms with van der Waals surface area (Å²) in [5.41, 5.74) is 1.34. The first-order chi connectivity index (χ1) is 12.4. The van der Waals surface area contributed by atoms with Crippen LogP contribution in [0.3, 0.4) is 0 Å². The van der Waals surface area contributed by atoms with Gasteiger partial charge in [-0.3, -0.25) is 9.59 Å². The largest absolute Gasteiger partial charge is 0.459 e. The van der Waals surface area contributed by atoms with E-state index >= 15 is 0 Å². The molecule has 4 rings (SSSR count). The second kappa shape index (κ2) is 6.26. The first-order valence-corrected chi connectivity index (χ1v) is 9.65. The van der Waals surface area contributed by atoms with E-state index < -0.39 is 10.0 Å². The highest BCUT2D eigenvalue weighted by molar-refractivity contribution is 7.89. The van der Waals surface area contributed by atoms with Gasteiger partial charge in [-0.05, 0) is 35.9 Å². The minimum absolute atomic E-state index is 0.139. The molecule has 0 aliphatic carbocycles. The van der Waals surface area contributed by atoms with Gasteiger partial charge in [-0.1, -0.05) is 0 Å². The van der Waals surface area contributed by atoms with Crippen LogP contribution in [0.2, 0.25) is 0 Å². The second-order valence-electron chi connectivity index (χ2n) is 6.22. The highest BCUT2D eigenvalue weighted by atomic mass is 32.2. The van der Waals surface area contributed by atoms with Crippen molar-refractivity contribution in [2.45, 2.75) is 11.3 Å². The molecular formula is C17H17N3O5S. The lowest BCUT2D eigenvalue weighted by molar-refractivity contribution is -0.115. The summed E-state index contributed by atoms with van der Waals surface area (Å²) in [6.07, 6.45) is 1.62. The number of amides is 2. The third-order valence-electron chi connectivity index (χ3n) is 4.60. The standard InChI is InChI=1S/C17H17N3O5S/c21-16-11-12-10-13(3-4-14(12)18-16)26(23,24)20-7-5-19(6-8-20)17(22)15-2-1-9-25-15/h1-4,9-10H,5-8,11H2,(H,18,21). The van der Waals surface area contributed by atoms with Gasteiger partial charge in [0.25, 0.3) is 5.91 Å². The Morgan fingerprint density at radius 3 is 2.58 bits per heavy atom. The summed E-state index contributed by atoms with van der Waals surface area (Å²) >= 11 is 0. The third-order valence-corrected chi connectivity index (χ3v) is 6.49. The van der Waals surface area contributed by atoms with Crippen molar-refractivity contribution < 1.29 is 22.4 Å². The summed E-state index contributed by atoms with van der Waals surface area (Å²) in [5.74, 6) is -0.133. The average Bonchev–Trinajstić information content (AvgIpc) is 3.29. The van der Waals surface area contributed by atoms with Crippen molar-refractivity contribution in [1.29, 1.82) is 0 Å². The number of fused-ring (bicyclic) bond motifs is 1. The number of benzene rings is 1. The minimum Gasteiger partial charge on any atom is -0.459 e. The molecule has 0 saturated carbocycles. The van der Waals surface area contributed by atoms with Gasteiger partial charge in [0.05, 0.1) is 17.6 Å². The van der Waals surface area contributed by atoms with E-state index in [2.05, 4.69) is 5.32 Å². The fourth-order valence-corrected chi connectivity index (χ4v) is 4.68. The lowest BCUT2D eigenvalue weighted by atomic mass is 10.2. The molecule has 0 atom stereocenters. The number of rotatable bonds is 3. The number of nitrogens with zero attached hydrogens (tertiary/aromatic N) is 2. The molecule has 0 bridgehead atoms. The molecule has 0 unspecified atom stereocenters. The summed E-state index contributed by atoms with van der Waals surface area (Å²) < 4.78 is 32.2. The summed E-state index contributed by atoms with van der Waals surface area (Å²) in [4.78, 5) is 25.5. The van der Waals surface area contributed by atoms with Gasteiger partial charge < -0.3 is 14.6 Å². The highest BCUT2D eigenvalue weighted by Crippen LogP contribution is 2.27. The van der Waals surface area contributed by atoms with E-state index in [9.17, 15) is 18.0 Å². The second-order valence-corrected chi connectivity index (χ2v) is 8.16. The Hall–Kier alpha value is -2.65. The van der Waals surface area contributed by atoms with Gasteiger partial charge in [0.15, 0.2) is 5.76 Å². The van der Waals surface area contributed by atoms with Crippen LogP contribution in [0.15, 0.2) is 45.9 Å². The van der Waals surface area contributed by atoms with E-state index in [4.69, 9.17) is 4.42 Å². The third kappa shape index (κ3) is 2.89. The molecule has 2 aliphatic rings. The van der Waals surface area contributed by atoms with Gasteiger partial charge >= 0.3 is 0 Å². The van der Waals surface area contributed by atoms with Crippen molar-refractivity contribution >= 4 is 27.5 Å². The maximum absolute atomic E-state index is 12.9. The molecule has 1 fully saturated rings. The number of carbonyl (C=O) groups is 2. The van der Waals surface area contributed by atoms with Crippen LogP contribution in [0, 0.1) is 0 Å². The first-order valence-electron chi connectivity index (χ1n) is 8.21. The highest BCUT2D eigenvalue weighted by Gasteiger charge is 2.32. The quantitative estimate of drug-likeness (QED) is 0.860. The SMILES string of the molecule is O=C1Cc2cc(S(=O)(=O)N3CCN(C(=O)c4ccco4)CC3)ccc2N1. The van der Waals surface area contributed by atoms with Crippen molar-refractivity contribution in [3.63, 3.8) is 0 Å². The number of hydrogen-bond acceptors (Lipinski definition) is 5. The van der Waals surface area contributed by atoms with Crippen LogP contribution in [0.1, 0.15) is 16.1 Å². The number of furan rings is 1. The number of anilines is 1. The van der Waals surface area contributed by atoms with Crippen LogP contribution < -0.4 is 5.32 Å². The molecule has 9 heteroatoms. The molecular weight excluding hydrogens is 358 g/mol. The minimum atomic E-state index is -3.67. The van der Waals surface area contributed by atoms with Crippen LogP contribution in [0.25, 0.3) is 0 Å². The molecule has 26 heavy (non-hydrogen) atoms. The predicted octanol–water partition coefficient (Wildman–Crippen LogP) is 0.921. The fraction of sp³-hybridized carbons (Fsp3) is 0.294. The molecule has 8 nitrogen and oxygen atoms in total. The van der Waals surface area contributed by atoms with Gasteiger partial charge in [-0.15, -0.1) is 0 Å². The van der Waals surface area contributed by atoms with Crippen LogP contribution >= 0.6 is 0 Å². The van der Waals surface area contributed by atoms with Crippen molar-refractivity contribution in [3.8, 4) is 0 Å². The van der Waals surface area contributed by atoms with Gasteiger partial charge in [-0.2, -0.15) is 4.31 Å². The molecule has 1 aromatic carbocycles. The van der Waals surface area contributed by atoms with E-state index in [0.29, 0.717) is 24.3 Å². The Balaban J connectivity index is 1.48. The summed E-state index contributed by atoms with van der Waals surface area (Å²) in [7, 11) is -3.67. The van der Waals surface area contributed by atoms with Gasteiger partial charge in [0, 0.05) is 31.9 Å². The van der Waals surface area contributed by atoms with Gasteiger partial charge in [-0.25, -0.2) is 8.42 Å². The van der Waals surface area contributed by atoms with Crippen LogP contribution in [-0.2, 0) is 21.2 Å². The molecule has 2 amide bonds. The van der Waals surface area contributed by atoms with Crippen LogP contribution in [0.4, 0.5) is 5.69 Å². The lowest BCUT2D eigenvalue weighted by Crippen LogP contribution is -2.50. The number of hydrogen-bond donors (Lipinski definition) is 1. The Morgan fingerprint density at radius 2 is 1.88 bits per heavy atom. The smallest absolute Gasteiger partial charge is 0.289 e. The van der Waals surface area contributed by atoms with Crippen LogP contribution in [-0.4, -0.2) is 55.6 Å². The van der Waals surface area contributed by atoms with Crippen LogP contribution in [0.5, 0.6) is 0 Å². The van der Waals surface area contributed by atoms with E-state index in [1.807, 2.05) is 0 Å². The maximum Gasteiger partial charge on any atom is 0.289 e. The zero-order valence-electron chi connectivity index (χ0n) is 13.8. The zero-order valence-corrected chi connectivity index (χ0v) is 14.7. The number of piperazine rings is 1. The van der Waals surface area contributed by atoms with Crippen molar-refractivity contribution in [2.75, 3.05) is 31.5 Å². The Morgan fingerprint density at radius 1 is 1.12 bits per heavy atom. The predicted molar refractivity (Wildman–Crippen MR) is 92.1 cm³/mol. The van der Waals surface area contributed by atoms with E-state index in [1.54, 1.807) is 29.2 Å². The summed E-state index contributed by atoms with van der Waals surface area (Å²) in [6, 6.07) is 7.89. The first kappa shape index (κ1) is 16.8. The monoisotopic (exact) mass is 375 g/mol. The van der Waals surface area contributed by atoms with E-state index in [0.717, 1.165) is 0 Å². The molecule has 1 saturated heterocycles. The Bertz CT molecular complexity index is 960. The number of carbonyl (C=O) groups excluding carboxylic acids is 2. The Labute approximate surface area is 150 Å². The van der Waals surface area contributed by atoms with Crippen molar-refractivity contribution in [3.05, 3.63) is 47.9 Å². The molecule has 1 N–H and O–H groups in total. The molecule has 3 heterocycles. The number of nitrogens with one attached hydrogen (secondary N) is 1. The number of sulfonamides is 1. The van der Waals surface area contributed by atoms with Crippen molar-refractivity contribution in [1.82, 2.24) is 9.21 Å². The molecule has 2 aliphatic heterocycles. The van der Waals surface area contributed by atoms with Gasteiger partial charge in [0.2, 0.25) is 15.9 Å². The lowest BCUT2D eigenvalue weighted by Gasteiger charge is -2.33. The topological polar surface area (TPSA) is 99.9 Å². The normalized spacial score (nSPS) is 17.8. The van der Waals surface area contributed by atoms with E-state index in [1.165, 1.54) is 16.6 Å². The molecule has 136 valence electrons. The van der Waals surface area contributed by atoms with Crippen molar-refractivity contribution in [2.24, 2.45) is 0 Å². The molecule has 2 aromatic rings. The summed E-state index contributed by atoms with van der Waals surface area (Å²) in [5, 5.41) is 2.69. The summed E-state index contributed by atoms with van der Waals surface area (Å²) in [6.45, 7) is 1.01. The molecule has 0 spiro atoms. The van der Waals surface area contributed by atoms with Gasteiger partial charge in [0.1, 0.15) is 0 Å². The zero-order chi connectivity index (χ0) is 18.3. The maximum atomic E-state index is 12.9.